The molecule has 0 spiro atoms. The van der Waals surface area contributed by atoms with Crippen LogP contribution in [0.5, 0.6) is 11.5 Å². The van der Waals surface area contributed by atoms with E-state index in [1.807, 2.05) is 0 Å². The van der Waals surface area contributed by atoms with E-state index >= 15 is 0 Å². The van der Waals surface area contributed by atoms with Gasteiger partial charge in [0.1, 0.15) is 5.82 Å². The zero-order chi connectivity index (χ0) is 17.5. The molecule has 7 heteroatoms. The van der Waals surface area contributed by atoms with Crippen LogP contribution >= 0.6 is 0 Å². The number of halogens is 1. The number of ether oxygens (including phenoxy) is 2. The molecule has 0 fully saturated rings. The van der Waals surface area contributed by atoms with Crippen LogP contribution in [-0.4, -0.2) is 25.2 Å². The van der Waals surface area contributed by atoms with Gasteiger partial charge in [0, 0.05) is 6.92 Å². The van der Waals surface area contributed by atoms with Gasteiger partial charge in [-0.25, -0.2) is 9.82 Å². The fourth-order valence-corrected chi connectivity index (χ4v) is 1.87. The van der Waals surface area contributed by atoms with E-state index < -0.39 is 17.7 Å². The van der Waals surface area contributed by atoms with E-state index in [1.165, 1.54) is 38.4 Å². The summed E-state index contributed by atoms with van der Waals surface area (Å²) in [6.07, 6.45) is 1.36. The maximum absolute atomic E-state index is 13.5. The molecule has 0 aliphatic carbocycles. The smallest absolute Gasteiger partial charge is 0.308 e. The third kappa shape index (κ3) is 4.39. The van der Waals surface area contributed by atoms with Gasteiger partial charge in [0.05, 0.1) is 18.9 Å². The van der Waals surface area contributed by atoms with Gasteiger partial charge in [-0.2, -0.15) is 5.10 Å². The van der Waals surface area contributed by atoms with Crippen molar-refractivity contribution in [1.29, 1.82) is 0 Å². The van der Waals surface area contributed by atoms with E-state index in [1.54, 1.807) is 24.3 Å². The summed E-state index contributed by atoms with van der Waals surface area (Å²) in [6, 6.07) is 10.3. The highest BCUT2D eigenvalue weighted by Crippen LogP contribution is 2.27. The second-order valence-electron chi connectivity index (χ2n) is 4.68. The number of benzene rings is 2. The third-order valence-corrected chi connectivity index (χ3v) is 2.94. The van der Waals surface area contributed by atoms with Crippen LogP contribution in [0, 0.1) is 5.82 Å². The number of carbonyl (C=O) groups is 2. The number of nitrogens with one attached hydrogen (secondary N) is 1. The lowest BCUT2D eigenvalue weighted by Crippen LogP contribution is -2.18. The third-order valence-electron chi connectivity index (χ3n) is 2.94. The summed E-state index contributed by atoms with van der Waals surface area (Å²) in [5, 5.41) is 3.77. The highest BCUT2D eigenvalue weighted by molar-refractivity contribution is 5.95. The summed E-state index contributed by atoms with van der Waals surface area (Å²) in [5.41, 5.74) is 2.73. The Hall–Kier alpha value is -3.22. The van der Waals surface area contributed by atoms with Crippen molar-refractivity contribution in [2.45, 2.75) is 6.92 Å². The van der Waals surface area contributed by atoms with E-state index in [0.29, 0.717) is 11.3 Å². The van der Waals surface area contributed by atoms with E-state index in [4.69, 9.17) is 9.47 Å². The number of hydrogen-bond donors (Lipinski definition) is 1. The molecule has 0 atom stereocenters. The summed E-state index contributed by atoms with van der Waals surface area (Å²) in [6.45, 7) is 1.28. The Morgan fingerprint density at radius 1 is 1.17 bits per heavy atom. The second-order valence-corrected chi connectivity index (χ2v) is 4.68. The fourth-order valence-electron chi connectivity index (χ4n) is 1.87. The first kappa shape index (κ1) is 17.1. The molecule has 0 radical (unpaired) electrons. The Balaban J connectivity index is 2.08. The molecular formula is C17H15FN2O4. The lowest BCUT2D eigenvalue weighted by Gasteiger charge is -2.08. The number of hydrazone groups is 1. The molecule has 124 valence electrons. The lowest BCUT2D eigenvalue weighted by atomic mass is 10.2. The van der Waals surface area contributed by atoms with Gasteiger partial charge in [0.2, 0.25) is 0 Å². The molecule has 2 rings (SSSR count). The van der Waals surface area contributed by atoms with Crippen molar-refractivity contribution < 1.29 is 23.5 Å². The summed E-state index contributed by atoms with van der Waals surface area (Å²) >= 11 is 0. The Labute approximate surface area is 137 Å². The van der Waals surface area contributed by atoms with Crippen LogP contribution in [0.1, 0.15) is 22.8 Å². The minimum Gasteiger partial charge on any atom is -0.493 e. The van der Waals surface area contributed by atoms with Gasteiger partial charge in [-0.05, 0) is 35.9 Å². The summed E-state index contributed by atoms with van der Waals surface area (Å²) in [5.74, 6) is -1.13. The SMILES string of the molecule is COc1cc(/C=N\NC(=O)c2ccccc2F)ccc1OC(C)=O. The van der Waals surface area contributed by atoms with Crippen molar-refractivity contribution in [3.05, 3.63) is 59.4 Å². The molecule has 2 aromatic rings. The van der Waals surface area contributed by atoms with E-state index in [0.717, 1.165) is 0 Å². The average molecular weight is 330 g/mol. The van der Waals surface area contributed by atoms with Crippen molar-refractivity contribution in [3.8, 4) is 11.5 Å². The number of rotatable bonds is 5. The second kappa shape index (κ2) is 7.87. The summed E-state index contributed by atoms with van der Waals surface area (Å²) in [7, 11) is 1.43. The average Bonchev–Trinajstić information content (AvgIpc) is 2.56. The number of amides is 1. The van der Waals surface area contributed by atoms with Crippen molar-refractivity contribution in [3.63, 3.8) is 0 Å². The van der Waals surface area contributed by atoms with E-state index in [-0.39, 0.29) is 11.3 Å². The van der Waals surface area contributed by atoms with Gasteiger partial charge in [-0.3, -0.25) is 9.59 Å². The molecule has 1 N–H and O–H groups in total. The van der Waals surface area contributed by atoms with E-state index in [2.05, 4.69) is 10.5 Å². The van der Waals surface area contributed by atoms with Crippen molar-refractivity contribution >= 4 is 18.1 Å². The minimum absolute atomic E-state index is 0.0996. The van der Waals surface area contributed by atoms with Gasteiger partial charge in [0.25, 0.3) is 5.91 Å². The summed E-state index contributed by atoms with van der Waals surface area (Å²) in [4.78, 5) is 22.8. The zero-order valence-corrected chi connectivity index (χ0v) is 13.1. The highest BCUT2D eigenvalue weighted by atomic mass is 19.1. The van der Waals surface area contributed by atoms with Crippen LogP contribution in [0.15, 0.2) is 47.6 Å². The standard InChI is InChI=1S/C17H15FN2O4/c1-11(21)24-15-8-7-12(9-16(15)23-2)10-19-20-17(22)13-5-3-4-6-14(13)18/h3-10H,1-2H3,(H,20,22)/b19-10-. The normalized spacial score (nSPS) is 10.5. The van der Waals surface area contributed by atoms with Gasteiger partial charge >= 0.3 is 5.97 Å². The topological polar surface area (TPSA) is 77.0 Å². The van der Waals surface area contributed by atoms with Crippen molar-refractivity contribution in [2.24, 2.45) is 5.10 Å². The lowest BCUT2D eigenvalue weighted by molar-refractivity contribution is -0.132. The number of carbonyl (C=O) groups excluding carboxylic acids is 2. The molecule has 1 amide bonds. The van der Waals surface area contributed by atoms with Crippen molar-refractivity contribution in [1.82, 2.24) is 5.43 Å². The van der Waals surface area contributed by atoms with Crippen molar-refractivity contribution in [2.75, 3.05) is 7.11 Å². The van der Waals surface area contributed by atoms with E-state index in [9.17, 15) is 14.0 Å². The molecule has 0 aliphatic heterocycles. The van der Waals surface area contributed by atoms with Crippen LogP contribution in [0.4, 0.5) is 4.39 Å². The van der Waals surface area contributed by atoms with Gasteiger partial charge in [-0.15, -0.1) is 0 Å². The van der Waals surface area contributed by atoms with Crippen LogP contribution < -0.4 is 14.9 Å². The fraction of sp³-hybridized carbons (Fsp3) is 0.118. The van der Waals surface area contributed by atoms with Gasteiger partial charge in [-0.1, -0.05) is 12.1 Å². The number of methoxy groups -OCH3 is 1. The number of hydrogen-bond acceptors (Lipinski definition) is 5. The minimum atomic E-state index is -0.659. The molecular weight excluding hydrogens is 315 g/mol. The zero-order valence-electron chi connectivity index (χ0n) is 13.1. The van der Waals surface area contributed by atoms with Crippen LogP contribution in [0.25, 0.3) is 0 Å². The van der Waals surface area contributed by atoms with Gasteiger partial charge in [0.15, 0.2) is 11.5 Å². The molecule has 2 aromatic carbocycles. The predicted octanol–water partition coefficient (Wildman–Crippen LogP) is 2.52. The first-order valence-electron chi connectivity index (χ1n) is 6.95. The molecule has 0 bridgehead atoms. The molecule has 0 saturated heterocycles. The highest BCUT2D eigenvalue weighted by Gasteiger charge is 2.10. The Morgan fingerprint density at radius 3 is 2.58 bits per heavy atom. The van der Waals surface area contributed by atoms with Crippen LogP contribution in [-0.2, 0) is 4.79 Å². The largest absolute Gasteiger partial charge is 0.493 e. The molecule has 0 aromatic heterocycles. The Morgan fingerprint density at radius 2 is 1.92 bits per heavy atom. The quantitative estimate of drug-likeness (QED) is 0.395. The van der Waals surface area contributed by atoms with Crippen LogP contribution in [0.2, 0.25) is 0 Å². The maximum atomic E-state index is 13.5. The first-order chi connectivity index (χ1) is 11.5. The number of esters is 1. The Bertz CT molecular complexity index is 790. The predicted molar refractivity (Wildman–Crippen MR) is 85.8 cm³/mol. The number of nitrogens with zero attached hydrogens (tertiary/aromatic N) is 1. The molecule has 0 heterocycles. The van der Waals surface area contributed by atoms with Crippen LogP contribution in [0.3, 0.4) is 0 Å². The van der Waals surface area contributed by atoms with Gasteiger partial charge < -0.3 is 9.47 Å². The monoisotopic (exact) mass is 330 g/mol. The molecule has 0 unspecified atom stereocenters. The Kier molecular flexibility index (Phi) is 5.62. The maximum Gasteiger partial charge on any atom is 0.308 e. The first-order valence-corrected chi connectivity index (χ1v) is 6.95. The molecule has 0 saturated carbocycles. The molecule has 6 nitrogen and oxygen atoms in total. The molecule has 24 heavy (non-hydrogen) atoms. The molecule has 0 aliphatic rings. The summed E-state index contributed by atoms with van der Waals surface area (Å²) < 4.78 is 23.6.